The van der Waals surface area contributed by atoms with Gasteiger partial charge in [-0.1, -0.05) is 273 Å². The number of hydrogen-bond acceptors (Lipinski definition) is 4. The van der Waals surface area contributed by atoms with Crippen LogP contribution in [0.5, 0.6) is 0 Å². The van der Waals surface area contributed by atoms with Crippen LogP contribution in [0.3, 0.4) is 0 Å². The molecule has 0 aliphatic rings. The van der Waals surface area contributed by atoms with E-state index >= 15 is 0 Å². The van der Waals surface area contributed by atoms with Gasteiger partial charge in [-0.3, -0.25) is 0 Å². The van der Waals surface area contributed by atoms with Gasteiger partial charge in [0.25, 0.3) is 0 Å². The molecule has 122 heavy (non-hydrogen) atoms. The van der Waals surface area contributed by atoms with Crippen molar-refractivity contribution in [1.82, 2.24) is 18.3 Å². The summed E-state index contributed by atoms with van der Waals surface area (Å²) in [5, 5.41) is 15.3. The van der Waals surface area contributed by atoms with Crippen LogP contribution < -0.4 is 19.6 Å². The standard InChI is InChI=1S/C31H24N2.2C29H22N2.C25H20N2/c1-32(25-17-15-24(16-18-25)23-9-3-2-4-10-23)26-19-21-27(22-20-26)33-30-13-7-5-11-28(30)29-12-6-8-14-31(29)33;1-30(27-16-8-10-21-9-2-3-11-24(21)27)22-17-19-23(20-18-22)31-28-14-6-4-12-25(28)26-13-5-7-15-29(26)31;1-30(25-15-14-21-8-2-3-9-22(21)20-25)23-16-18-24(19-17-23)31-28-12-6-4-10-26(28)27-11-5-7-13-29(27)31;1-26(19-9-3-2-4-10-19)20-15-17-21(18-16-20)27-24-13-7-5-11-22(24)23-12-6-8-14-25(23)27/h2-22H,1H3;2*2-20H,1H3;2-18H,1H3. The Hall–Kier alpha value is -15.9. The molecule has 0 atom stereocenters. The minimum atomic E-state index is 1.16. The van der Waals surface area contributed by atoms with Crippen molar-refractivity contribution in [3.05, 3.63) is 461 Å². The van der Waals surface area contributed by atoms with Crippen LogP contribution in [0.4, 0.5) is 45.5 Å². The molecule has 4 aromatic heterocycles. The van der Waals surface area contributed by atoms with E-state index in [1.807, 2.05) is 6.07 Å². The highest BCUT2D eigenvalue weighted by Crippen LogP contribution is 2.41. The van der Waals surface area contributed by atoms with E-state index in [0.29, 0.717) is 0 Å². The molecule has 4 heterocycles. The Bertz CT molecular complexity index is 7450. The molecule has 23 rings (SSSR count). The fourth-order valence-corrected chi connectivity index (χ4v) is 17.7. The Morgan fingerprint density at radius 1 is 0.148 bits per heavy atom. The van der Waals surface area contributed by atoms with Gasteiger partial charge >= 0.3 is 0 Å². The first-order valence-corrected chi connectivity index (χ1v) is 41.7. The third kappa shape index (κ3) is 14.2. The average Bonchev–Trinajstić information content (AvgIpc) is 1.83. The summed E-state index contributed by atoms with van der Waals surface area (Å²) >= 11 is 0. The van der Waals surface area contributed by atoms with Crippen molar-refractivity contribution < 1.29 is 0 Å². The highest BCUT2D eigenvalue weighted by atomic mass is 15.1. The maximum absolute atomic E-state index is 2.35. The molecule has 0 aliphatic heterocycles. The summed E-state index contributed by atoms with van der Waals surface area (Å²) in [5.74, 6) is 0. The van der Waals surface area contributed by atoms with Crippen LogP contribution in [0.1, 0.15) is 0 Å². The van der Waals surface area contributed by atoms with Crippen LogP contribution in [0.2, 0.25) is 0 Å². The lowest BCUT2D eigenvalue weighted by Crippen LogP contribution is -2.10. The van der Waals surface area contributed by atoms with Crippen LogP contribution in [-0.2, 0) is 0 Å². The van der Waals surface area contributed by atoms with Gasteiger partial charge in [-0.25, -0.2) is 0 Å². The van der Waals surface area contributed by atoms with Gasteiger partial charge in [-0.05, 0) is 215 Å². The molecule has 584 valence electrons. The number of rotatable bonds is 13. The lowest BCUT2D eigenvalue weighted by Gasteiger charge is -2.22. The minimum absolute atomic E-state index is 1.16. The Morgan fingerprint density at radius 3 is 0.721 bits per heavy atom. The largest absolute Gasteiger partial charge is 0.345 e. The summed E-state index contributed by atoms with van der Waals surface area (Å²) in [5.41, 5.74) is 26.5. The number of hydrogen-bond donors (Lipinski definition) is 0. The molecule has 23 aromatic rings. The fraction of sp³-hybridized carbons (Fsp3) is 0.0351. The molecular formula is C114H88N8. The predicted octanol–water partition coefficient (Wildman–Crippen LogP) is 30.2. The normalized spacial score (nSPS) is 11.3. The lowest BCUT2D eigenvalue weighted by molar-refractivity contribution is 1.16. The van der Waals surface area contributed by atoms with E-state index in [0.717, 1.165) is 5.69 Å². The lowest BCUT2D eigenvalue weighted by atomic mass is 10.1. The molecule has 0 aliphatic carbocycles. The van der Waals surface area contributed by atoms with Crippen LogP contribution in [-0.4, -0.2) is 46.5 Å². The third-order valence-electron chi connectivity index (χ3n) is 24.1. The molecule has 0 amide bonds. The van der Waals surface area contributed by atoms with Gasteiger partial charge in [0.15, 0.2) is 0 Å². The minimum Gasteiger partial charge on any atom is -0.345 e. The molecule has 8 nitrogen and oxygen atoms in total. The number of nitrogens with zero attached hydrogens (tertiary/aromatic N) is 8. The van der Waals surface area contributed by atoms with Crippen molar-refractivity contribution >= 4 is 154 Å². The van der Waals surface area contributed by atoms with E-state index in [1.54, 1.807) is 0 Å². The number of fused-ring (bicyclic) bond motifs is 14. The third-order valence-corrected chi connectivity index (χ3v) is 24.1. The zero-order valence-electron chi connectivity index (χ0n) is 68.5. The summed E-state index contributed by atoms with van der Waals surface area (Å²) in [6.45, 7) is 0. The molecule has 0 unspecified atom stereocenters. The number of anilines is 8. The second-order valence-corrected chi connectivity index (χ2v) is 31.1. The molecule has 0 spiro atoms. The Kier molecular flexibility index (Phi) is 20.2. The SMILES string of the molecule is CN(c1ccc(-c2ccccc2)cc1)c1ccc(-n2c3ccccc3c3ccccc32)cc1.CN(c1ccc(-n2c3ccccc3c3ccccc32)cc1)c1ccc2ccccc2c1.CN(c1ccc(-n2c3ccccc3c3ccccc32)cc1)c1cccc2ccccc12.CN(c1ccccc1)c1ccc(-n2c3ccccc3c3ccccc32)cc1. The first kappa shape index (κ1) is 74.9. The van der Waals surface area contributed by atoms with Crippen molar-refractivity contribution in [2.45, 2.75) is 0 Å². The van der Waals surface area contributed by atoms with Crippen molar-refractivity contribution in [3.63, 3.8) is 0 Å². The first-order chi connectivity index (χ1) is 60.2. The molecule has 8 heteroatoms. The molecule has 0 fully saturated rings. The van der Waals surface area contributed by atoms with Crippen LogP contribution >= 0.6 is 0 Å². The van der Waals surface area contributed by atoms with Crippen molar-refractivity contribution in [1.29, 1.82) is 0 Å². The van der Waals surface area contributed by atoms with E-state index in [2.05, 4.69) is 521 Å². The van der Waals surface area contributed by atoms with Gasteiger partial charge in [0.05, 0.1) is 44.1 Å². The smallest absolute Gasteiger partial charge is 0.0541 e. The molecule has 0 saturated heterocycles. The van der Waals surface area contributed by atoms with Crippen LogP contribution in [0, 0.1) is 0 Å². The number of benzene rings is 19. The molecule has 0 N–H and O–H groups in total. The Morgan fingerprint density at radius 2 is 0.377 bits per heavy atom. The van der Waals surface area contributed by atoms with E-state index in [-0.39, 0.29) is 0 Å². The van der Waals surface area contributed by atoms with Crippen molar-refractivity contribution in [3.8, 4) is 33.9 Å². The van der Waals surface area contributed by atoms with E-state index < -0.39 is 0 Å². The second-order valence-electron chi connectivity index (χ2n) is 31.1. The van der Waals surface area contributed by atoms with Gasteiger partial charge < -0.3 is 37.9 Å². The molecule has 0 bridgehead atoms. The zero-order chi connectivity index (χ0) is 82.0. The summed E-state index contributed by atoms with van der Waals surface area (Å²) in [7, 11) is 8.48. The number of para-hydroxylation sites is 9. The summed E-state index contributed by atoms with van der Waals surface area (Å²) in [4.78, 5) is 8.93. The fourth-order valence-electron chi connectivity index (χ4n) is 17.7. The first-order valence-electron chi connectivity index (χ1n) is 41.7. The maximum Gasteiger partial charge on any atom is 0.0541 e. The predicted molar refractivity (Wildman–Crippen MR) is 522 cm³/mol. The van der Waals surface area contributed by atoms with Crippen molar-refractivity contribution in [2.24, 2.45) is 0 Å². The van der Waals surface area contributed by atoms with Crippen LogP contribution in [0.25, 0.3) is 143 Å². The summed E-state index contributed by atoms with van der Waals surface area (Å²) in [6, 6.07) is 164. The Labute approximate surface area is 710 Å². The van der Waals surface area contributed by atoms with E-state index in [9.17, 15) is 0 Å². The summed E-state index contributed by atoms with van der Waals surface area (Å²) < 4.78 is 9.40. The topological polar surface area (TPSA) is 32.7 Å². The second kappa shape index (κ2) is 32.9. The van der Waals surface area contributed by atoms with Gasteiger partial charge in [0, 0.05) is 145 Å². The van der Waals surface area contributed by atoms with Gasteiger partial charge in [0.1, 0.15) is 0 Å². The molecular weight excluding hydrogens is 1480 g/mol. The van der Waals surface area contributed by atoms with Gasteiger partial charge in [-0.2, -0.15) is 0 Å². The maximum atomic E-state index is 2.35. The monoisotopic (exact) mass is 1570 g/mol. The molecule has 0 saturated carbocycles. The zero-order valence-corrected chi connectivity index (χ0v) is 68.5. The average molecular weight is 1570 g/mol. The van der Waals surface area contributed by atoms with Crippen molar-refractivity contribution in [2.75, 3.05) is 47.8 Å². The van der Waals surface area contributed by atoms with Gasteiger partial charge in [-0.15, -0.1) is 0 Å². The van der Waals surface area contributed by atoms with E-state index in [1.165, 1.54) is 182 Å². The van der Waals surface area contributed by atoms with Crippen LogP contribution in [0.15, 0.2) is 461 Å². The summed E-state index contributed by atoms with van der Waals surface area (Å²) in [6.07, 6.45) is 0. The van der Waals surface area contributed by atoms with Gasteiger partial charge in [0.2, 0.25) is 0 Å². The Balaban J connectivity index is 0.000000104. The highest BCUT2D eigenvalue weighted by molar-refractivity contribution is 6.13. The molecule has 0 radical (unpaired) electrons. The number of aromatic nitrogens is 4. The quantitative estimate of drug-likeness (QED) is 0.115. The van der Waals surface area contributed by atoms with E-state index in [4.69, 9.17) is 0 Å². The molecule has 19 aromatic carbocycles. The highest BCUT2D eigenvalue weighted by Gasteiger charge is 2.19.